The van der Waals surface area contributed by atoms with Gasteiger partial charge in [0.05, 0.1) is 12.8 Å². The van der Waals surface area contributed by atoms with Crippen LogP contribution in [0.25, 0.3) is 0 Å². The second kappa shape index (κ2) is 6.37. The highest BCUT2D eigenvalue weighted by molar-refractivity contribution is 5.86. The van der Waals surface area contributed by atoms with Crippen molar-refractivity contribution in [3.05, 3.63) is 18.0 Å². The fourth-order valence-electron chi connectivity index (χ4n) is 3.08. The van der Waals surface area contributed by atoms with E-state index in [1.54, 1.807) is 18.8 Å². The fraction of sp³-hybridized carbons (Fsp3) is 0.714. The van der Waals surface area contributed by atoms with E-state index < -0.39 is 5.54 Å². The topological polar surface area (TPSA) is 59.4 Å². The third-order valence-electron chi connectivity index (χ3n) is 4.09. The summed E-state index contributed by atoms with van der Waals surface area (Å²) in [5.41, 5.74) is 0.689. The molecular formula is C14H24N4O2. The summed E-state index contributed by atoms with van der Waals surface area (Å²) in [4.78, 5) is 14.6. The number of ether oxygens (including phenoxy) is 1. The molecule has 0 bridgehead atoms. The first-order chi connectivity index (χ1) is 9.62. The summed E-state index contributed by atoms with van der Waals surface area (Å²) in [6.45, 7) is 2.24. The Morgan fingerprint density at radius 3 is 3.00 bits per heavy atom. The van der Waals surface area contributed by atoms with Crippen molar-refractivity contribution < 1.29 is 9.53 Å². The van der Waals surface area contributed by atoms with Gasteiger partial charge in [-0.15, -0.1) is 0 Å². The van der Waals surface area contributed by atoms with Crippen LogP contribution in [-0.4, -0.2) is 60.0 Å². The maximum absolute atomic E-state index is 12.3. The summed E-state index contributed by atoms with van der Waals surface area (Å²) >= 11 is 0. The number of hydrogen-bond donors (Lipinski definition) is 1. The van der Waals surface area contributed by atoms with Gasteiger partial charge in [-0.3, -0.25) is 14.4 Å². The van der Waals surface area contributed by atoms with Gasteiger partial charge in [-0.1, -0.05) is 0 Å². The van der Waals surface area contributed by atoms with E-state index in [0.717, 1.165) is 32.4 Å². The van der Waals surface area contributed by atoms with Crippen LogP contribution < -0.4 is 5.32 Å². The molecule has 1 atom stereocenters. The zero-order valence-electron chi connectivity index (χ0n) is 12.6. The molecule has 0 aromatic carbocycles. The minimum atomic E-state index is -0.508. The standard InChI is InChI=1S/C14H24N4O2/c1-15-13(19)14(11-20-3)6-4-7-18(14)8-5-12-9-16-17(2)10-12/h9-10H,4-8,11H2,1-3H3,(H,15,19). The molecule has 2 heterocycles. The SMILES string of the molecule is CNC(=O)C1(COC)CCCN1CCc1cnn(C)c1. The first-order valence-corrected chi connectivity index (χ1v) is 7.06. The van der Waals surface area contributed by atoms with E-state index >= 15 is 0 Å². The first kappa shape index (κ1) is 15.0. The van der Waals surface area contributed by atoms with Gasteiger partial charge < -0.3 is 10.1 Å². The number of amides is 1. The van der Waals surface area contributed by atoms with E-state index in [-0.39, 0.29) is 5.91 Å². The molecule has 0 saturated carbocycles. The van der Waals surface area contributed by atoms with Crippen LogP contribution in [0.2, 0.25) is 0 Å². The molecule has 0 radical (unpaired) electrons. The second-order valence-corrected chi connectivity index (χ2v) is 5.41. The number of aromatic nitrogens is 2. The Hall–Kier alpha value is -1.40. The van der Waals surface area contributed by atoms with Gasteiger partial charge in [-0.05, 0) is 31.4 Å². The van der Waals surface area contributed by atoms with E-state index in [2.05, 4.69) is 15.3 Å². The predicted molar refractivity (Wildman–Crippen MR) is 76.4 cm³/mol. The van der Waals surface area contributed by atoms with E-state index in [9.17, 15) is 4.79 Å². The van der Waals surface area contributed by atoms with Crippen molar-refractivity contribution in [3.8, 4) is 0 Å². The Morgan fingerprint density at radius 2 is 2.40 bits per heavy atom. The molecule has 1 N–H and O–H groups in total. The van der Waals surface area contributed by atoms with E-state index in [0.29, 0.717) is 6.61 Å². The maximum atomic E-state index is 12.3. The molecule has 1 aromatic rings. The van der Waals surface area contributed by atoms with E-state index in [4.69, 9.17) is 4.74 Å². The summed E-state index contributed by atoms with van der Waals surface area (Å²) in [5.74, 6) is 0.0584. The van der Waals surface area contributed by atoms with Crippen molar-refractivity contribution in [1.29, 1.82) is 0 Å². The summed E-state index contributed by atoms with van der Waals surface area (Å²) in [6, 6.07) is 0. The van der Waals surface area contributed by atoms with Crippen LogP contribution >= 0.6 is 0 Å². The largest absolute Gasteiger partial charge is 0.382 e. The zero-order valence-corrected chi connectivity index (χ0v) is 12.6. The molecule has 1 saturated heterocycles. The second-order valence-electron chi connectivity index (χ2n) is 5.41. The van der Waals surface area contributed by atoms with Gasteiger partial charge in [-0.25, -0.2) is 0 Å². The highest BCUT2D eigenvalue weighted by Crippen LogP contribution is 2.30. The van der Waals surface area contributed by atoms with Crippen molar-refractivity contribution in [1.82, 2.24) is 20.0 Å². The van der Waals surface area contributed by atoms with Gasteiger partial charge in [0, 0.05) is 33.9 Å². The van der Waals surface area contributed by atoms with Crippen molar-refractivity contribution in [2.45, 2.75) is 24.8 Å². The van der Waals surface area contributed by atoms with Crippen LogP contribution in [0.1, 0.15) is 18.4 Å². The highest BCUT2D eigenvalue weighted by atomic mass is 16.5. The number of methoxy groups -OCH3 is 1. The molecule has 1 aliphatic rings. The highest BCUT2D eigenvalue weighted by Gasteiger charge is 2.46. The zero-order chi connectivity index (χ0) is 14.6. The Balaban J connectivity index is 2.06. The summed E-state index contributed by atoms with van der Waals surface area (Å²) in [5, 5.41) is 6.97. The van der Waals surface area contributed by atoms with Crippen molar-refractivity contribution >= 4 is 5.91 Å². The van der Waals surface area contributed by atoms with E-state index in [1.165, 1.54) is 5.56 Å². The van der Waals surface area contributed by atoms with Gasteiger partial charge in [0.15, 0.2) is 0 Å². The van der Waals surface area contributed by atoms with Crippen LogP contribution in [-0.2, 0) is 23.0 Å². The average molecular weight is 280 g/mol. The van der Waals surface area contributed by atoms with E-state index in [1.807, 2.05) is 19.4 Å². The number of nitrogens with zero attached hydrogens (tertiary/aromatic N) is 3. The van der Waals surface area contributed by atoms with Gasteiger partial charge in [0.25, 0.3) is 0 Å². The number of likely N-dealkylation sites (N-methyl/N-ethyl adjacent to an activating group) is 1. The lowest BCUT2D eigenvalue weighted by Gasteiger charge is -2.36. The molecule has 0 aliphatic carbocycles. The Kier molecular flexibility index (Phi) is 4.77. The number of nitrogens with one attached hydrogen (secondary N) is 1. The van der Waals surface area contributed by atoms with Gasteiger partial charge in [0.2, 0.25) is 5.91 Å². The number of carbonyl (C=O) groups excluding carboxylic acids is 1. The monoisotopic (exact) mass is 280 g/mol. The van der Waals surface area contributed by atoms with Crippen LogP contribution in [0.15, 0.2) is 12.4 Å². The van der Waals surface area contributed by atoms with Gasteiger partial charge in [0.1, 0.15) is 5.54 Å². The lowest BCUT2D eigenvalue weighted by Crippen LogP contribution is -2.58. The molecule has 112 valence electrons. The number of aryl methyl sites for hydroxylation is 1. The summed E-state index contributed by atoms with van der Waals surface area (Å²) < 4.78 is 7.13. The number of carbonyl (C=O) groups is 1. The number of hydrogen-bond acceptors (Lipinski definition) is 4. The Morgan fingerprint density at radius 1 is 1.60 bits per heavy atom. The third-order valence-corrected chi connectivity index (χ3v) is 4.09. The third kappa shape index (κ3) is 2.86. The summed E-state index contributed by atoms with van der Waals surface area (Å²) in [7, 11) is 5.26. The van der Waals surface area contributed by atoms with Crippen LogP contribution in [0.5, 0.6) is 0 Å². The Bertz CT molecular complexity index is 460. The van der Waals surface area contributed by atoms with Gasteiger partial charge >= 0.3 is 0 Å². The quantitative estimate of drug-likeness (QED) is 0.808. The molecule has 1 aliphatic heterocycles. The number of rotatable bonds is 6. The molecule has 1 fully saturated rings. The first-order valence-electron chi connectivity index (χ1n) is 7.06. The smallest absolute Gasteiger partial charge is 0.242 e. The summed E-state index contributed by atoms with van der Waals surface area (Å²) in [6.07, 6.45) is 6.69. The molecule has 1 amide bonds. The minimum absolute atomic E-state index is 0.0584. The van der Waals surface area contributed by atoms with Crippen LogP contribution in [0, 0.1) is 0 Å². The van der Waals surface area contributed by atoms with Crippen LogP contribution in [0.4, 0.5) is 0 Å². The maximum Gasteiger partial charge on any atom is 0.242 e. The molecule has 20 heavy (non-hydrogen) atoms. The van der Waals surface area contributed by atoms with Crippen molar-refractivity contribution in [3.63, 3.8) is 0 Å². The minimum Gasteiger partial charge on any atom is -0.382 e. The lowest BCUT2D eigenvalue weighted by molar-refractivity contribution is -0.134. The molecule has 2 rings (SSSR count). The van der Waals surface area contributed by atoms with Crippen LogP contribution in [0.3, 0.4) is 0 Å². The van der Waals surface area contributed by atoms with Crippen molar-refractivity contribution in [2.24, 2.45) is 7.05 Å². The lowest BCUT2D eigenvalue weighted by atomic mass is 9.95. The van der Waals surface area contributed by atoms with Gasteiger partial charge in [-0.2, -0.15) is 5.10 Å². The fourth-order valence-corrected chi connectivity index (χ4v) is 3.08. The molecule has 1 unspecified atom stereocenters. The molecule has 6 heteroatoms. The molecule has 0 spiro atoms. The predicted octanol–water partition coefficient (Wildman–Crippen LogP) is 0.190. The number of likely N-dealkylation sites (tertiary alicyclic amines) is 1. The normalized spacial score (nSPS) is 23.1. The van der Waals surface area contributed by atoms with Crippen molar-refractivity contribution in [2.75, 3.05) is 33.9 Å². The molecular weight excluding hydrogens is 256 g/mol. The molecule has 6 nitrogen and oxygen atoms in total. The average Bonchev–Trinajstić information content (AvgIpc) is 3.03. The Labute approximate surface area is 120 Å². The molecule has 1 aromatic heterocycles.